The molecule has 0 aliphatic rings. The largest absolute Gasteiger partial charge is 0.330 e. The van der Waals surface area contributed by atoms with Gasteiger partial charge in [0, 0.05) is 12.4 Å². The van der Waals surface area contributed by atoms with Crippen LogP contribution in [0.2, 0.25) is 0 Å². The molecule has 0 saturated carbocycles. The van der Waals surface area contributed by atoms with Gasteiger partial charge in [-0.15, -0.1) is 0 Å². The summed E-state index contributed by atoms with van der Waals surface area (Å²) in [5.41, 5.74) is 3.14. The Morgan fingerprint density at radius 2 is 1.81 bits per heavy atom. The van der Waals surface area contributed by atoms with Crippen LogP contribution >= 0.6 is 0 Å². The lowest BCUT2D eigenvalue weighted by atomic mass is 9.98. The standard InChI is InChI=1S/C18H15N3/c19-13-16-6-8-17(9-7-16)18(21-11-10-20-14-21)12-15-4-2-1-3-5-15/h1-11,14,18H,12H2. The van der Waals surface area contributed by atoms with E-state index in [0.717, 1.165) is 6.42 Å². The molecule has 0 aliphatic carbocycles. The summed E-state index contributed by atoms with van der Waals surface area (Å²) in [6.45, 7) is 0. The van der Waals surface area contributed by atoms with E-state index >= 15 is 0 Å². The van der Waals surface area contributed by atoms with Gasteiger partial charge in [0.25, 0.3) is 0 Å². The Morgan fingerprint density at radius 1 is 1.05 bits per heavy atom. The fourth-order valence-electron chi connectivity index (χ4n) is 2.47. The Balaban J connectivity index is 1.94. The summed E-state index contributed by atoms with van der Waals surface area (Å²) in [4.78, 5) is 4.15. The minimum Gasteiger partial charge on any atom is -0.330 e. The minimum atomic E-state index is 0.183. The van der Waals surface area contributed by atoms with Gasteiger partial charge in [-0.2, -0.15) is 5.26 Å². The summed E-state index contributed by atoms with van der Waals surface area (Å²) in [5, 5.41) is 8.92. The number of hydrogen-bond donors (Lipinski definition) is 0. The molecule has 3 nitrogen and oxygen atoms in total. The van der Waals surface area contributed by atoms with E-state index in [4.69, 9.17) is 5.26 Å². The van der Waals surface area contributed by atoms with Crippen molar-refractivity contribution in [3.8, 4) is 6.07 Å². The van der Waals surface area contributed by atoms with E-state index in [-0.39, 0.29) is 6.04 Å². The van der Waals surface area contributed by atoms with E-state index in [0.29, 0.717) is 5.56 Å². The molecule has 0 fully saturated rings. The van der Waals surface area contributed by atoms with Crippen LogP contribution in [0.3, 0.4) is 0 Å². The predicted octanol–water partition coefficient (Wildman–Crippen LogP) is 3.59. The summed E-state index contributed by atoms with van der Waals surface area (Å²) in [6.07, 6.45) is 6.50. The van der Waals surface area contributed by atoms with Crippen molar-refractivity contribution in [3.63, 3.8) is 0 Å². The van der Waals surface area contributed by atoms with Crippen LogP contribution in [-0.4, -0.2) is 9.55 Å². The van der Waals surface area contributed by atoms with Crippen molar-refractivity contribution in [3.05, 3.63) is 90.0 Å². The van der Waals surface area contributed by atoms with E-state index < -0.39 is 0 Å². The van der Waals surface area contributed by atoms with Crippen LogP contribution in [0.4, 0.5) is 0 Å². The number of hydrogen-bond acceptors (Lipinski definition) is 2. The monoisotopic (exact) mass is 273 g/mol. The molecule has 2 aromatic carbocycles. The van der Waals surface area contributed by atoms with Gasteiger partial charge in [0.1, 0.15) is 0 Å². The van der Waals surface area contributed by atoms with E-state index in [1.54, 1.807) is 6.20 Å². The van der Waals surface area contributed by atoms with E-state index in [2.05, 4.69) is 39.9 Å². The first-order valence-corrected chi connectivity index (χ1v) is 6.88. The van der Waals surface area contributed by atoms with Gasteiger partial charge in [0.05, 0.1) is 24.0 Å². The molecule has 21 heavy (non-hydrogen) atoms. The summed E-state index contributed by atoms with van der Waals surface area (Å²) in [5.74, 6) is 0. The van der Waals surface area contributed by atoms with Crippen LogP contribution in [0.15, 0.2) is 73.3 Å². The zero-order valence-electron chi connectivity index (χ0n) is 11.6. The Hall–Kier alpha value is -2.86. The van der Waals surface area contributed by atoms with E-state index in [1.165, 1.54) is 11.1 Å². The third-order valence-electron chi connectivity index (χ3n) is 3.58. The third kappa shape index (κ3) is 3.01. The van der Waals surface area contributed by atoms with Gasteiger partial charge in [0.15, 0.2) is 0 Å². The first-order valence-electron chi connectivity index (χ1n) is 6.88. The van der Waals surface area contributed by atoms with Crippen molar-refractivity contribution in [1.29, 1.82) is 5.26 Å². The molecule has 0 saturated heterocycles. The molecule has 0 aliphatic heterocycles. The lowest BCUT2D eigenvalue weighted by Crippen LogP contribution is -2.12. The average Bonchev–Trinajstić information content (AvgIpc) is 3.08. The third-order valence-corrected chi connectivity index (χ3v) is 3.58. The van der Waals surface area contributed by atoms with Gasteiger partial charge in [-0.3, -0.25) is 0 Å². The molecular weight excluding hydrogens is 258 g/mol. The van der Waals surface area contributed by atoms with Crippen molar-refractivity contribution in [1.82, 2.24) is 9.55 Å². The smallest absolute Gasteiger partial charge is 0.0991 e. The molecule has 3 rings (SSSR count). The first-order chi connectivity index (χ1) is 10.4. The lowest BCUT2D eigenvalue weighted by Gasteiger charge is -2.19. The normalized spacial score (nSPS) is 11.8. The fraction of sp³-hybridized carbons (Fsp3) is 0.111. The molecule has 1 heterocycles. The van der Waals surface area contributed by atoms with Gasteiger partial charge in [-0.05, 0) is 29.7 Å². The summed E-state index contributed by atoms with van der Waals surface area (Å²) < 4.78 is 2.11. The maximum absolute atomic E-state index is 8.92. The highest BCUT2D eigenvalue weighted by Crippen LogP contribution is 2.23. The van der Waals surface area contributed by atoms with Crippen molar-refractivity contribution in [2.75, 3.05) is 0 Å². The van der Waals surface area contributed by atoms with Crippen LogP contribution in [0, 0.1) is 11.3 Å². The maximum Gasteiger partial charge on any atom is 0.0991 e. The van der Waals surface area contributed by atoms with Crippen LogP contribution in [0.5, 0.6) is 0 Å². The quantitative estimate of drug-likeness (QED) is 0.729. The average molecular weight is 273 g/mol. The second-order valence-corrected chi connectivity index (χ2v) is 4.95. The predicted molar refractivity (Wildman–Crippen MR) is 81.7 cm³/mol. The molecular formula is C18H15N3. The summed E-state index contributed by atoms with van der Waals surface area (Å²) in [7, 11) is 0. The van der Waals surface area contributed by atoms with E-state index in [9.17, 15) is 0 Å². The number of nitrogens with zero attached hydrogens (tertiary/aromatic N) is 3. The minimum absolute atomic E-state index is 0.183. The van der Waals surface area contributed by atoms with Crippen molar-refractivity contribution >= 4 is 0 Å². The molecule has 3 heteroatoms. The molecule has 0 amide bonds. The first kappa shape index (κ1) is 13.1. The van der Waals surface area contributed by atoms with Crippen LogP contribution in [0.25, 0.3) is 0 Å². The fourth-order valence-corrected chi connectivity index (χ4v) is 2.47. The summed E-state index contributed by atoms with van der Waals surface area (Å²) >= 11 is 0. The number of nitriles is 1. The molecule has 0 bridgehead atoms. The molecule has 1 unspecified atom stereocenters. The van der Waals surface area contributed by atoms with Crippen molar-refractivity contribution in [2.45, 2.75) is 12.5 Å². The van der Waals surface area contributed by atoms with Gasteiger partial charge >= 0.3 is 0 Å². The van der Waals surface area contributed by atoms with Crippen LogP contribution in [0.1, 0.15) is 22.7 Å². The highest BCUT2D eigenvalue weighted by Gasteiger charge is 2.14. The number of rotatable bonds is 4. The van der Waals surface area contributed by atoms with Crippen molar-refractivity contribution < 1.29 is 0 Å². The van der Waals surface area contributed by atoms with Crippen molar-refractivity contribution in [2.24, 2.45) is 0 Å². The maximum atomic E-state index is 8.92. The number of benzene rings is 2. The van der Waals surface area contributed by atoms with Gasteiger partial charge in [-0.25, -0.2) is 4.98 Å². The second kappa shape index (κ2) is 6.06. The number of imidazole rings is 1. The van der Waals surface area contributed by atoms with Gasteiger partial charge < -0.3 is 4.57 Å². The molecule has 102 valence electrons. The Morgan fingerprint density at radius 3 is 2.43 bits per heavy atom. The lowest BCUT2D eigenvalue weighted by molar-refractivity contribution is 0.581. The molecule has 0 spiro atoms. The van der Waals surface area contributed by atoms with Crippen LogP contribution < -0.4 is 0 Å². The highest BCUT2D eigenvalue weighted by molar-refractivity contribution is 5.34. The zero-order chi connectivity index (χ0) is 14.5. The highest BCUT2D eigenvalue weighted by atomic mass is 15.0. The molecule has 1 atom stereocenters. The van der Waals surface area contributed by atoms with Gasteiger partial charge in [-0.1, -0.05) is 42.5 Å². The second-order valence-electron chi connectivity index (χ2n) is 4.95. The Kier molecular flexibility index (Phi) is 3.79. The Labute approximate surface area is 124 Å². The number of aromatic nitrogens is 2. The van der Waals surface area contributed by atoms with E-state index in [1.807, 2.05) is 42.9 Å². The molecule has 3 aromatic rings. The molecule has 1 aromatic heterocycles. The topological polar surface area (TPSA) is 41.6 Å². The SMILES string of the molecule is N#Cc1ccc(C(Cc2ccccc2)n2ccnc2)cc1. The molecule has 0 radical (unpaired) electrons. The zero-order valence-corrected chi connectivity index (χ0v) is 11.6. The summed E-state index contributed by atoms with van der Waals surface area (Å²) in [6, 6.07) is 20.5. The van der Waals surface area contributed by atoms with Gasteiger partial charge in [0.2, 0.25) is 0 Å². The van der Waals surface area contributed by atoms with Crippen LogP contribution in [-0.2, 0) is 6.42 Å². The Bertz CT molecular complexity index is 722. The molecule has 0 N–H and O–H groups in total.